The summed E-state index contributed by atoms with van der Waals surface area (Å²) in [5, 5.41) is 0. The Labute approximate surface area is 103 Å². The van der Waals surface area contributed by atoms with Crippen LogP contribution in [-0.4, -0.2) is 11.8 Å². The molecule has 0 aromatic heterocycles. The van der Waals surface area contributed by atoms with Gasteiger partial charge in [-0.3, -0.25) is 4.79 Å². The summed E-state index contributed by atoms with van der Waals surface area (Å²) in [6.45, 7) is 4.32. The van der Waals surface area contributed by atoms with E-state index in [0.29, 0.717) is 5.92 Å². The van der Waals surface area contributed by atoms with Gasteiger partial charge in [0.2, 0.25) is 0 Å². The summed E-state index contributed by atoms with van der Waals surface area (Å²) >= 11 is 0. The summed E-state index contributed by atoms with van der Waals surface area (Å²) in [4.78, 5) is 12.2. The number of carbonyl (C=O) groups excluding carboxylic acids is 1. The van der Waals surface area contributed by atoms with Crippen LogP contribution in [0.3, 0.4) is 0 Å². The lowest BCUT2D eigenvalue weighted by Gasteiger charge is -2.10. The summed E-state index contributed by atoms with van der Waals surface area (Å²) in [5.41, 5.74) is 7.98. The molecule has 1 aliphatic carbocycles. The van der Waals surface area contributed by atoms with E-state index in [1.807, 2.05) is 12.1 Å². The summed E-state index contributed by atoms with van der Waals surface area (Å²) in [5.74, 6) is 0.933. The predicted octanol–water partition coefficient (Wildman–Crippen LogP) is 3.12. The maximum Gasteiger partial charge on any atom is 0.166 e. The Morgan fingerprint density at radius 3 is 2.35 bits per heavy atom. The molecule has 2 nitrogen and oxygen atoms in total. The molecule has 2 heteroatoms. The average Bonchev–Trinajstić information content (AvgIpc) is 2.75. The lowest BCUT2D eigenvalue weighted by atomic mass is 9.94. The van der Waals surface area contributed by atoms with Crippen molar-refractivity contribution < 1.29 is 4.79 Å². The predicted molar refractivity (Wildman–Crippen MR) is 70.2 cm³/mol. The first kappa shape index (κ1) is 12.3. The number of Topliss-reactive ketones (excluding diaryl/α,β-unsaturated/α-hetero) is 1. The van der Waals surface area contributed by atoms with Gasteiger partial charge in [-0.2, -0.15) is 0 Å². The van der Waals surface area contributed by atoms with E-state index < -0.39 is 0 Å². The van der Waals surface area contributed by atoms with Crippen LogP contribution in [-0.2, 0) is 0 Å². The molecule has 0 amide bonds. The third-order valence-corrected chi connectivity index (χ3v) is 3.71. The van der Waals surface area contributed by atoms with Gasteiger partial charge in [0, 0.05) is 17.5 Å². The molecule has 0 heterocycles. The molecule has 17 heavy (non-hydrogen) atoms. The monoisotopic (exact) mass is 231 g/mol. The quantitative estimate of drug-likeness (QED) is 0.812. The molecule has 0 radical (unpaired) electrons. The Morgan fingerprint density at radius 1 is 1.24 bits per heavy atom. The van der Waals surface area contributed by atoms with Crippen LogP contribution in [0.4, 0.5) is 0 Å². The molecule has 1 aliphatic rings. The summed E-state index contributed by atoms with van der Waals surface area (Å²) < 4.78 is 0. The number of benzene rings is 1. The molecule has 0 aliphatic heterocycles. The number of nitrogens with two attached hydrogens (primary N) is 1. The highest BCUT2D eigenvalue weighted by Gasteiger charge is 2.28. The van der Waals surface area contributed by atoms with Crippen molar-refractivity contribution in [3.63, 3.8) is 0 Å². The molecule has 1 saturated carbocycles. The van der Waals surface area contributed by atoms with Crippen molar-refractivity contribution in [1.29, 1.82) is 0 Å². The third-order valence-electron chi connectivity index (χ3n) is 3.71. The molecule has 1 fully saturated rings. The number of hydrogen-bond donors (Lipinski definition) is 1. The van der Waals surface area contributed by atoms with Gasteiger partial charge in [-0.15, -0.1) is 0 Å². The molecule has 2 N–H and O–H groups in total. The Morgan fingerprint density at radius 2 is 1.88 bits per heavy atom. The molecular weight excluding hydrogens is 210 g/mol. The molecule has 2 rings (SSSR count). The number of carbonyl (C=O) groups is 1. The fourth-order valence-corrected chi connectivity index (χ4v) is 2.52. The highest BCUT2D eigenvalue weighted by molar-refractivity contribution is 5.98. The summed E-state index contributed by atoms with van der Waals surface area (Å²) in [6, 6.07) is 8.27. The molecule has 2 atom stereocenters. The van der Waals surface area contributed by atoms with Gasteiger partial charge in [0.05, 0.1) is 0 Å². The molecule has 1 aromatic rings. The first-order valence-electron chi connectivity index (χ1n) is 6.47. The number of ketones is 1. The zero-order valence-corrected chi connectivity index (χ0v) is 10.6. The third kappa shape index (κ3) is 2.75. The fourth-order valence-electron chi connectivity index (χ4n) is 2.52. The van der Waals surface area contributed by atoms with Crippen LogP contribution >= 0.6 is 0 Å². The Hall–Kier alpha value is -1.15. The van der Waals surface area contributed by atoms with Gasteiger partial charge < -0.3 is 5.73 Å². The second kappa shape index (κ2) is 5.01. The zero-order chi connectivity index (χ0) is 12.4. The number of rotatable bonds is 3. The van der Waals surface area contributed by atoms with E-state index in [0.717, 1.165) is 24.8 Å². The van der Waals surface area contributed by atoms with Crippen molar-refractivity contribution in [2.24, 2.45) is 11.7 Å². The highest BCUT2D eigenvalue weighted by Crippen LogP contribution is 2.28. The van der Waals surface area contributed by atoms with Crippen LogP contribution in [0.1, 0.15) is 54.9 Å². The molecule has 92 valence electrons. The molecule has 2 unspecified atom stereocenters. The van der Waals surface area contributed by atoms with Crippen LogP contribution in [0.5, 0.6) is 0 Å². The minimum absolute atomic E-state index is 0.148. The molecule has 0 spiro atoms. The van der Waals surface area contributed by atoms with Gasteiger partial charge in [-0.05, 0) is 30.7 Å². The highest BCUT2D eigenvalue weighted by atomic mass is 16.1. The lowest BCUT2D eigenvalue weighted by Crippen LogP contribution is -2.18. The van der Waals surface area contributed by atoms with Crippen molar-refractivity contribution in [3.05, 3.63) is 35.4 Å². The van der Waals surface area contributed by atoms with Gasteiger partial charge in [0.15, 0.2) is 5.78 Å². The molecule has 0 bridgehead atoms. The number of hydrogen-bond acceptors (Lipinski definition) is 2. The lowest BCUT2D eigenvalue weighted by molar-refractivity contribution is 0.0922. The van der Waals surface area contributed by atoms with Crippen molar-refractivity contribution in [3.8, 4) is 0 Å². The second-order valence-electron chi connectivity index (χ2n) is 5.41. The second-order valence-corrected chi connectivity index (χ2v) is 5.41. The van der Waals surface area contributed by atoms with Crippen molar-refractivity contribution in [1.82, 2.24) is 0 Å². The van der Waals surface area contributed by atoms with Gasteiger partial charge in [0.1, 0.15) is 0 Å². The van der Waals surface area contributed by atoms with Crippen LogP contribution in [0, 0.1) is 5.92 Å². The summed E-state index contributed by atoms with van der Waals surface area (Å²) in [7, 11) is 0. The standard InChI is InChI=1S/C15H21NO/c1-10(2)11-3-5-12(6-4-11)15(17)13-7-8-14(16)9-13/h3-6,10,13-14H,7-9,16H2,1-2H3. The van der Waals surface area contributed by atoms with E-state index >= 15 is 0 Å². The van der Waals surface area contributed by atoms with Crippen LogP contribution in [0.25, 0.3) is 0 Å². The smallest absolute Gasteiger partial charge is 0.166 e. The van der Waals surface area contributed by atoms with Gasteiger partial charge in [-0.1, -0.05) is 38.1 Å². The first-order chi connectivity index (χ1) is 8.08. The first-order valence-corrected chi connectivity index (χ1v) is 6.47. The average molecular weight is 231 g/mol. The zero-order valence-electron chi connectivity index (χ0n) is 10.6. The van der Waals surface area contributed by atoms with Crippen LogP contribution in [0.15, 0.2) is 24.3 Å². The van der Waals surface area contributed by atoms with Crippen LogP contribution < -0.4 is 5.73 Å². The Bertz CT molecular complexity index is 394. The maximum absolute atomic E-state index is 12.2. The minimum atomic E-state index is 0.148. The van der Waals surface area contributed by atoms with E-state index in [9.17, 15) is 4.79 Å². The van der Waals surface area contributed by atoms with Crippen molar-refractivity contribution >= 4 is 5.78 Å². The van der Waals surface area contributed by atoms with Gasteiger partial charge >= 0.3 is 0 Å². The van der Waals surface area contributed by atoms with Crippen molar-refractivity contribution in [2.75, 3.05) is 0 Å². The van der Waals surface area contributed by atoms with Crippen LogP contribution in [0.2, 0.25) is 0 Å². The van der Waals surface area contributed by atoms with E-state index in [-0.39, 0.29) is 17.7 Å². The maximum atomic E-state index is 12.2. The van der Waals surface area contributed by atoms with Gasteiger partial charge in [0.25, 0.3) is 0 Å². The Balaban J connectivity index is 2.09. The largest absolute Gasteiger partial charge is 0.328 e. The molecular formula is C15H21NO. The van der Waals surface area contributed by atoms with E-state index in [2.05, 4.69) is 26.0 Å². The Kier molecular flexibility index (Phi) is 3.63. The molecule has 1 aromatic carbocycles. The van der Waals surface area contributed by atoms with E-state index in [1.54, 1.807) is 0 Å². The fraction of sp³-hybridized carbons (Fsp3) is 0.533. The van der Waals surface area contributed by atoms with E-state index in [1.165, 1.54) is 5.56 Å². The minimum Gasteiger partial charge on any atom is -0.328 e. The molecule has 0 saturated heterocycles. The normalized spacial score (nSPS) is 24.2. The topological polar surface area (TPSA) is 43.1 Å². The van der Waals surface area contributed by atoms with Gasteiger partial charge in [-0.25, -0.2) is 0 Å². The van der Waals surface area contributed by atoms with E-state index in [4.69, 9.17) is 5.73 Å². The summed E-state index contributed by atoms with van der Waals surface area (Å²) in [6.07, 6.45) is 2.79. The van der Waals surface area contributed by atoms with Crippen molar-refractivity contribution in [2.45, 2.75) is 45.1 Å². The SMILES string of the molecule is CC(C)c1ccc(C(=O)C2CCC(N)C2)cc1.